The molecule has 10 heteroatoms. The number of likely N-dealkylation sites (tertiary alicyclic amines) is 1. The number of nitrogens with zero attached hydrogens (tertiary/aromatic N) is 3. The van der Waals surface area contributed by atoms with Crippen molar-refractivity contribution in [3.63, 3.8) is 0 Å². The third-order valence-electron chi connectivity index (χ3n) is 4.60. The number of oxime groups is 1. The van der Waals surface area contributed by atoms with Crippen molar-refractivity contribution in [2.24, 2.45) is 5.16 Å². The first kappa shape index (κ1) is 20.6. The van der Waals surface area contributed by atoms with E-state index in [0.717, 1.165) is 18.6 Å². The van der Waals surface area contributed by atoms with Crippen LogP contribution in [-0.2, 0) is 11.2 Å². The molecule has 10 nitrogen and oxygen atoms in total. The number of hydrogen-bond donors (Lipinski definition) is 1. The van der Waals surface area contributed by atoms with Crippen molar-refractivity contribution in [1.82, 2.24) is 14.9 Å². The van der Waals surface area contributed by atoms with Gasteiger partial charge in [0, 0.05) is 32.0 Å². The summed E-state index contributed by atoms with van der Waals surface area (Å²) in [5.74, 6) is 0. The van der Waals surface area contributed by atoms with Gasteiger partial charge in [0.15, 0.2) is 0 Å². The molecule has 156 valence electrons. The number of H-pyrrole nitrogens is 1. The maximum absolute atomic E-state index is 12.5. The maximum Gasteiger partial charge on any atom is 0.409 e. The van der Waals surface area contributed by atoms with Gasteiger partial charge in [-0.2, -0.15) is 4.98 Å². The molecule has 1 N–H and O–H groups in total. The first-order valence-corrected chi connectivity index (χ1v) is 9.73. The molecular weight excluding hydrogens is 380 g/mol. The van der Waals surface area contributed by atoms with Gasteiger partial charge in [-0.15, -0.1) is 0 Å². The molecule has 1 amide bonds. The lowest BCUT2D eigenvalue weighted by molar-refractivity contribution is 0.107. The molecule has 0 aromatic carbocycles. The molecule has 0 spiro atoms. The fourth-order valence-corrected chi connectivity index (χ4v) is 3.10. The van der Waals surface area contributed by atoms with Crippen LogP contribution in [0.2, 0.25) is 0 Å². The van der Waals surface area contributed by atoms with Gasteiger partial charge in [0.05, 0.1) is 12.3 Å². The van der Waals surface area contributed by atoms with Crippen LogP contribution in [0.5, 0.6) is 6.01 Å². The van der Waals surface area contributed by atoms with E-state index in [9.17, 15) is 14.4 Å². The molecule has 3 heterocycles. The van der Waals surface area contributed by atoms with E-state index in [-0.39, 0.29) is 23.2 Å². The van der Waals surface area contributed by atoms with Gasteiger partial charge in [0.1, 0.15) is 5.39 Å². The quantitative estimate of drug-likeness (QED) is 0.731. The summed E-state index contributed by atoms with van der Waals surface area (Å²) in [6, 6.07) is 1.17. The molecule has 0 saturated carbocycles. The van der Waals surface area contributed by atoms with Crippen LogP contribution >= 0.6 is 0 Å². The van der Waals surface area contributed by atoms with Crippen molar-refractivity contribution >= 4 is 22.9 Å². The van der Waals surface area contributed by atoms with Gasteiger partial charge >= 0.3 is 17.7 Å². The summed E-state index contributed by atoms with van der Waals surface area (Å²) >= 11 is 0. The van der Waals surface area contributed by atoms with Crippen molar-refractivity contribution in [2.45, 2.75) is 46.0 Å². The topological polar surface area (TPSA) is 127 Å². The second kappa shape index (κ2) is 9.35. The van der Waals surface area contributed by atoms with Crippen molar-refractivity contribution < 1.29 is 18.8 Å². The molecule has 0 aliphatic carbocycles. The number of carbonyl (C=O) groups is 1. The smallest absolute Gasteiger partial charge is 0.409 e. The minimum Gasteiger partial charge on any atom is -0.450 e. The van der Waals surface area contributed by atoms with E-state index in [1.807, 2.05) is 6.92 Å². The monoisotopic (exact) mass is 404 g/mol. The number of fused-ring (bicyclic) bond motifs is 1. The minimum absolute atomic E-state index is 0.0697. The van der Waals surface area contributed by atoms with E-state index >= 15 is 0 Å². The van der Waals surface area contributed by atoms with Crippen LogP contribution in [-0.4, -0.2) is 46.4 Å². The number of aromatic amines is 1. The number of aromatic nitrogens is 2. The highest BCUT2D eigenvalue weighted by atomic mass is 16.6. The number of piperidine rings is 1. The highest BCUT2D eigenvalue weighted by Gasteiger charge is 2.21. The molecule has 2 aromatic rings. The number of ether oxygens (including phenoxy) is 1. The maximum atomic E-state index is 12.5. The highest BCUT2D eigenvalue weighted by Crippen LogP contribution is 2.16. The molecule has 2 aromatic heterocycles. The van der Waals surface area contributed by atoms with Crippen LogP contribution in [0.15, 0.2) is 25.2 Å². The largest absolute Gasteiger partial charge is 0.450 e. The molecule has 1 saturated heterocycles. The van der Waals surface area contributed by atoms with Gasteiger partial charge in [-0.05, 0) is 25.3 Å². The number of aryl methyl sites for hydroxylation is 1. The molecule has 0 unspecified atom stereocenters. The molecule has 1 aliphatic rings. The van der Waals surface area contributed by atoms with Gasteiger partial charge in [-0.25, -0.2) is 9.59 Å². The predicted molar refractivity (Wildman–Crippen MR) is 105 cm³/mol. The lowest BCUT2D eigenvalue weighted by Crippen LogP contribution is -2.39. The van der Waals surface area contributed by atoms with Crippen LogP contribution in [0.1, 0.15) is 45.1 Å². The Morgan fingerprint density at radius 2 is 2.07 bits per heavy atom. The van der Waals surface area contributed by atoms with Crippen LogP contribution < -0.4 is 16.0 Å². The molecular formula is C19H24N4O6. The summed E-state index contributed by atoms with van der Waals surface area (Å²) in [5, 5.41) is 4.27. The lowest BCUT2D eigenvalue weighted by Gasteiger charge is -2.26. The van der Waals surface area contributed by atoms with E-state index in [2.05, 4.69) is 15.1 Å². The minimum atomic E-state index is -0.565. The number of unbranched alkanes of at least 4 members (excludes halogenated alkanes) is 1. The van der Waals surface area contributed by atoms with E-state index in [1.54, 1.807) is 11.8 Å². The summed E-state index contributed by atoms with van der Waals surface area (Å²) in [4.78, 5) is 49.5. The fourth-order valence-electron chi connectivity index (χ4n) is 3.10. The SMILES string of the molecule is CCCCc1cc(=O)oc2nc(ON=C3CCN(C(=O)OCC)CC3)[nH]c(=O)c12. The third kappa shape index (κ3) is 5.01. The van der Waals surface area contributed by atoms with Crippen molar-refractivity contribution in [1.29, 1.82) is 0 Å². The van der Waals surface area contributed by atoms with E-state index < -0.39 is 11.2 Å². The van der Waals surface area contributed by atoms with Gasteiger partial charge < -0.3 is 18.9 Å². The molecule has 29 heavy (non-hydrogen) atoms. The van der Waals surface area contributed by atoms with Crippen molar-refractivity contribution in [3.05, 3.63) is 32.4 Å². The van der Waals surface area contributed by atoms with Gasteiger partial charge in [-0.3, -0.25) is 9.78 Å². The van der Waals surface area contributed by atoms with Crippen LogP contribution in [0.25, 0.3) is 11.1 Å². The van der Waals surface area contributed by atoms with Gasteiger partial charge in [-0.1, -0.05) is 18.5 Å². The van der Waals surface area contributed by atoms with Crippen LogP contribution in [0, 0.1) is 0 Å². The van der Waals surface area contributed by atoms with Crippen molar-refractivity contribution in [2.75, 3.05) is 19.7 Å². The Bertz CT molecular complexity index is 1020. The average Bonchev–Trinajstić information content (AvgIpc) is 2.70. The third-order valence-corrected chi connectivity index (χ3v) is 4.60. The summed E-state index contributed by atoms with van der Waals surface area (Å²) < 4.78 is 10.1. The average molecular weight is 404 g/mol. The summed E-state index contributed by atoms with van der Waals surface area (Å²) in [6.07, 6.45) is 3.05. The zero-order chi connectivity index (χ0) is 20.8. The van der Waals surface area contributed by atoms with Crippen LogP contribution in [0.3, 0.4) is 0 Å². The number of nitrogens with one attached hydrogen (secondary N) is 1. The molecule has 1 fully saturated rings. The second-order valence-corrected chi connectivity index (χ2v) is 6.68. The highest BCUT2D eigenvalue weighted by molar-refractivity contribution is 5.86. The molecule has 0 radical (unpaired) electrons. The molecule has 0 atom stereocenters. The summed E-state index contributed by atoms with van der Waals surface area (Å²) in [6.45, 7) is 5.06. The van der Waals surface area contributed by atoms with Crippen molar-refractivity contribution in [3.8, 4) is 6.01 Å². The Balaban J connectivity index is 1.75. The first-order valence-electron chi connectivity index (χ1n) is 9.73. The second-order valence-electron chi connectivity index (χ2n) is 6.68. The molecule has 3 rings (SSSR count). The Morgan fingerprint density at radius 1 is 1.31 bits per heavy atom. The summed E-state index contributed by atoms with van der Waals surface area (Å²) in [7, 11) is 0. The number of amides is 1. The molecule has 1 aliphatic heterocycles. The van der Waals surface area contributed by atoms with E-state index in [4.69, 9.17) is 14.0 Å². The number of hydrogen-bond acceptors (Lipinski definition) is 8. The predicted octanol–water partition coefficient (Wildman–Crippen LogP) is 2.21. The normalized spacial score (nSPS) is 14.1. The Morgan fingerprint density at radius 3 is 2.76 bits per heavy atom. The van der Waals surface area contributed by atoms with Crippen LogP contribution in [0.4, 0.5) is 4.79 Å². The standard InChI is InChI=1S/C19H24N4O6/c1-3-5-6-12-11-14(24)28-17-15(12)16(25)20-18(21-17)29-22-13-7-9-23(10-8-13)19(26)27-4-2/h11H,3-10H2,1-2H3,(H,20,21,25). The number of rotatable bonds is 6. The first-order chi connectivity index (χ1) is 14.0. The van der Waals surface area contributed by atoms with Gasteiger partial charge in [0.25, 0.3) is 5.56 Å². The van der Waals surface area contributed by atoms with E-state index in [0.29, 0.717) is 44.5 Å². The van der Waals surface area contributed by atoms with E-state index in [1.165, 1.54) is 6.07 Å². The van der Waals surface area contributed by atoms with Gasteiger partial charge in [0.2, 0.25) is 5.71 Å². The summed E-state index contributed by atoms with van der Waals surface area (Å²) in [5.41, 5.74) is 0.254. The Labute approximate surface area is 166 Å². The zero-order valence-corrected chi connectivity index (χ0v) is 16.5. The molecule has 0 bridgehead atoms. The lowest BCUT2D eigenvalue weighted by atomic mass is 10.1. The number of carbonyl (C=O) groups excluding carboxylic acids is 1. The zero-order valence-electron chi connectivity index (χ0n) is 16.5. The fraction of sp³-hybridized carbons (Fsp3) is 0.526. The Hall–Kier alpha value is -3.17. The Kier molecular flexibility index (Phi) is 6.63.